The van der Waals surface area contributed by atoms with Crippen molar-refractivity contribution in [3.8, 4) is 11.4 Å². The van der Waals surface area contributed by atoms with Crippen LogP contribution in [0.15, 0.2) is 29.4 Å². The van der Waals surface area contributed by atoms with Crippen molar-refractivity contribution in [2.75, 3.05) is 32.1 Å². The molecule has 7 heteroatoms. The van der Waals surface area contributed by atoms with E-state index >= 15 is 0 Å². The number of thioether (sulfide) groups is 1. The number of hydrogen-bond donors (Lipinski definition) is 1. The summed E-state index contributed by atoms with van der Waals surface area (Å²) in [5.41, 5.74) is 2.19. The van der Waals surface area contributed by atoms with Gasteiger partial charge in [-0.25, -0.2) is 4.98 Å². The Morgan fingerprint density at radius 3 is 2.77 bits per heavy atom. The predicted molar refractivity (Wildman–Crippen MR) is 84.7 cm³/mol. The lowest BCUT2D eigenvalue weighted by Crippen LogP contribution is -2.41. The summed E-state index contributed by atoms with van der Waals surface area (Å²) in [4.78, 5) is 18.3. The van der Waals surface area contributed by atoms with Gasteiger partial charge in [0.15, 0.2) is 5.82 Å². The van der Waals surface area contributed by atoms with Crippen molar-refractivity contribution < 1.29 is 9.53 Å². The summed E-state index contributed by atoms with van der Waals surface area (Å²) < 4.78 is 5.24. The number of benzene rings is 1. The minimum absolute atomic E-state index is 0.106. The van der Waals surface area contributed by atoms with Crippen LogP contribution in [0.4, 0.5) is 0 Å². The molecule has 1 N–H and O–H groups in total. The van der Waals surface area contributed by atoms with Crippen molar-refractivity contribution in [3.63, 3.8) is 0 Å². The second-order valence-electron chi connectivity index (χ2n) is 5.11. The minimum Gasteiger partial charge on any atom is -0.378 e. The van der Waals surface area contributed by atoms with Crippen LogP contribution in [-0.4, -0.2) is 58.0 Å². The Morgan fingerprint density at radius 1 is 1.32 bits per heavy atom. The minimum atomic E-state index is 0.106. The third-order valence-electron chi connectivity index (χ3n) is 3.48. The number of aromatic nitrogens is 3. The Morgan fingerprint density at radius 2 is 2.05 bits per heavy atom. The molecule has 1 aliphatic rings. The lowest BCUT2D eigenvalue weighted by Gasteiger charge is -2.26. The third-order valence-corrected chi connectivity index (χ3v) is 4.31. The average Bonchev–Trinajstić information content (AvgIpc) is 3.03. The maximum atomic E-state index is 12.1. The van der Waals surface area contributed by atoms with Crippen LogP contribution in [0, 0.1) is 6.92 Å². The summed E-state index contributed by atoms with van der Waals surface area (Å²) in [7, 11) is 0. The molecule has 22 heavy (non-hydrogen) atoms. The SMILES string of the molecule is Cc1ccc(-c2nc(SCC(=O)N3CCOCC3)n[nH]2)cc1. The maximum absolute atomic E-state index is 12.1. The van der Waals surface area contributed by atoms with Crippen LogP contribution in [-0.2, 0) is 9.53 Å². The molecular weight excluding hydrogens is 300 g/mol. The topological polar surface area (TPSA) is 71.1 Å². The Kier molecular flexibility index (Phi) is 4.74. The molecule has 2 aromatic rings. The monoisotopic (exact) mass is 318 g/mol. The van der Waals surface area contributed by atoms with Gasteiger partial charge in [-0.1, -0.05) is 41.6 Å². The van der Waals surface area contributed by atoms with Gasteiger partial charge in [0.2, 0.25) is 11.1 Å². The molecule has 2 heterocycles. The van der Waals surface area contributed by atoms with E-state index < -0.39 is 0 Å². The highest BCUT2D eigenvalue weighted by Gasteiger charge is 2.17. The molecule has 116 valence electrons. The van der Waals surface area contributed by atoms with Crippen LogP contribution in [0.5, 0.6) is 0 Å². The number of nitrogens with one attached hydrogen (secondary N) is 1. The molecule has 1 fully saturated rings. The number of ether oxygens (including phenoxy) is 1. The first-order valence-corrected chi connectivity index (χ1v) is 8.19. The second-order valence-corrected chi connectivity index (χ2v) is 6.06. The fourth-order valence-electron chi connectivity index (χ4n) is 2.18. The first-order chi connectivity index (χ1) is 10.7. The number of hydrogen-bond acceptors (Lipinski definition) is 5. The summed E-state index contributed by atoms with van der Waals surface area (Å²) in [6.07, 6.45) is 0. The van der Waals surface area contributed by atoms with Crippen LogP contribution in [0.1, 0.15) is 5.56 Å². The lowest BCUT2D eigenvalue weighted by molar-refractivity contribution is -0.132. The normalized spacial score (nSPS) is 15.0. The summed E-state index contributed by atoms with van der Waals surface area (Å²) in [5, 5.41) is 7.68. The number of carbonyl (C=O) groups is 1. The molecule has 1 saturated heterocycles. The summed E-state index contributed by atoms with van der Waals surface area (Å²) in [5.74, 6) is 1.18. The van der Waals surface area contributed by atoms with E-state index in [9.17, 15) is 4.79 Å². The van der Waals surface area contributed by atoms with Crippen molar-refractivity contribution >= 4 is 17.7 Å². The zero-order valence-corrected chi connectivity index (χ0v) is 13.2. The van der Waals surface area contributed by atoms with Crippen LogP contribution in [0.2, 0.25) is 0 Å². The van der Waals surface area contributed by atoms with Gasteiger partial charge in [-0.15, -0.1) is 5.10 Å². The largest absolute Gasteiger partial charge is 0.378 e. The van der Waals surface area contributed by atoms with Crippen molar-refractivity contribution in [2.24, 2.45) is 0 Å². The molecular formula is C15H18N4O2S. The maximum Gasteiger partial charge on any atom is 0.233 e. The average molecular weight is 318 g/mol. The zero-order chi connectivity index (χ0) is 15.4. The quantitative estimate of drug-likeness (QED) is 0.869. The first-order valence-electron chi connectivity index (χ1n) is 7.20. The standard InChI is InChI=1S/C15H18N4O2S/c1-11-2-4-12(5-3-11)14-16-15(18-17-14)22-10-13(20)19-6-8-21-9-7-19/h2-5H,6-10H2,1H3,(H,16,17,18). The van der Waals surface area contributed by atoms with E-state index in [1.165, 1.54) is 17.3 Å². The predicted octanol–water partition coefficient (Wildman–Crippen LogP) is 1.73. The number of rotatable bonds is 4. The molecule has 0 atom stereocenters. The number of nitrogens with zero attached hydrogens (tertiary/aromatic N) is 3. The van der Waals surface area contributed by atoms with Crippen molar-refractivity contribution in [1.29, 1.82) is 0 Å². The highest BCUT2D eigenvalue weighted by atomic mass is 32.2. The molecule has 0 aliphatic carbocycles. The number of amides is 1. The molecule has 1 aliphatic heterocycles. The number of H-pyrrole nitrogens is 1. The van der Waals surface area contributed by atoms with Gasteiger partial charge in [0, 0.05) is 18.7 Å². The molecule has 1 aromatic carbocycles. The second kappa shape index (κ2) is 6.93. The van der Waals surface area contributed by atoms with E-state index in [2.05, 4.69) is 15.2 Å². The lowest BCUT2D eigenvalue weighted by atomic mass is 10.1. The van der Waals surface area contributed by atoms with E-state index in [-0.39, 0.29) is 5.91 Å². The highest BCUT2D eigenvalue weighted by Crippen LogP contribution is 2.20. The zero-order valence-electron chi connectivity index (χ0n) is 12.4. The molecule has 0 radical (unpaired) electrons. The van der Waals surface area contributed by atoms with E-state index in [0.717, 1.165) is 11.4 Å². The van der Waals surface area contributed by atoms with Crippen LogP contribution >= 0.6 is 11.8 Å². The molecule has 1 amide bonds. The van der Waals surface area contributed by atoms with Crippen molar-refractivity contribution in [2.45, 2.75) is 12.1 Å². The first kappa shape index (κ1) is 15.1. The Bertz CT molecular complexity index is 635. The number of carbonyl (C=O) groups excluding carboxylic acids is 1. The molecule has 6 nitrogen and oxygen atoms in total. The van der Waals surface area contributed by atoms with Gasteiger partial charge in [0.1, 0.15) is 0 Å². The van der Waals surface area contributed by atoms with E-state index in [1.54, 1.807) is 0 Å². The van der Waals surface area contributed by atoms with E-state index in [4.69, 9.17) is 4.74 Å². The molecule has 0 spiro atoms. The number of aromatic amines is 1. The summed E-state index contributed by atoms with van der Waals surface area (Å²) in [6.45, 7) is 4.62. The van der Waals surface area contributed by atoms with Crippen LogP contribution < -0.4 is 0 Å². The smallest absolute Gasteiger partial charge is 0.233 e. The molecule has 0 unspecified atom stereocenters. The van der Waals surface area contributed by atoms with Gasteiger partial charge in [0.25, 0.3) is 0 Å². The Balaban J connectivity index is 1.57. The Labute approximate surface area is 133 Å². The number of morpholine rings is 1. The number of aryl methyl sites for hydroxylation is 1. The molecule has 3 rings (SSSR count). The van der Waals surface area contributed by atoms with Crippen LogP contribution in [0.25, 0.3) is 11.4 Å². The van der Waals surface area contributed by atoms with Crippen molar-refractivity contribution in [3.05, 3.63) is 29.8 Å². The molecule has 1 aromatic heterocycles. The molecule has 0 saturated carbocycles. The van der Waals surface area contributed by atoms with Gasteiger partial charge in [-0.05, 0) is 6.92 Å². The summed E-state index contributed by atoms with van der Waals surface area (Å²) in [6, 6.07) is 8.07. The highest BCUT2D eigenvalue weighted by molar-refractivity contribution is 7.99. The van der Waals surface area contributed by atoms with Gasteiger partial charge < -0.3 is 9.64 Å². The van der Waals surface area contributed by atoms with Gasteiger partial charge in [-0.3, -0.25) is 9.89 Å². The fourth-order valence-corrected chi connectivity index (χ4v) is 2.88. The van der Waals surface area contributed by atoms with Gasteiger partial charge in [0.05, 0.1) is 19.0 Å². The fraction of sp³-hybridized carbons (Fsp3) is 0.400. The van der Waals surface area contributed by atoms with E-state index in [1.807, 2.05) is 36.1 Å². The molecule has 0 bridgehead atoms. The van der Waals surface area contributed by atoms with E-state index in [0.29, 0.717) is 37.2 Å². The van der Waals surface area contributed by atoms with Gasteiger partial charge >= 0.3 is 0 Å². The van der Waals surface area contributed by atoms with Crippen LogP contribution in [0.3, 0.4) is 0 Å². The Hall–Kier alpha value is -1.86. The van der Waals surface area contributed by atoms with Crippen molar-refractivity contribution in [1.82, 2.24) is 20.1 Å². The summed E-state index contributed by atoms with van der Waals surface area (Å²) >= 11 is 1.36. The third kappa shape index (κ3) is 3.66. The van der Waals surface area contributed by atoms with Gasteiger partial charge in [-0.2, -0.15) is 0 Å².